The number of hydrogen-bond donors (Lipinski definition) is 1. The van der Waals surface area contributed by atoms with Crippen LogP contribution in [0.15, 0.2) is 23.6 Å². The first-order valence-corrected chi connectivity index (χ1v) is 13.0. The Labute approximate surface area is 175 Å². The Hall–Kier alpha value is -0.753. The normalized spacial score (nSPS) is 23.6. The van der Waals surface area contributed by atoms with Gasteiger partial charge in [0.05, 0.1) is 22.9 Å². The summed E-state index contributed by atoms with van der Waals surface area (Å²) in [5.41, 5.74) is 5.30. The van der Waals surface area contributed by atoms with Crippen LogP contribution in [-0.2, 0) is 13.9 Å². The van der Waals surface area contributed by atoms with Gasteiger partial charge in [0.2, 0.25) is 0 Å². The molecule has 1 saturated heterocycles. The van der Waals surface area contributed by atoms with Crippen LogP contribution in [0.3, 0.4) is 0 Å². The van der Waals surface area contributed by atoms with E-state index in [1.807, 2.05) is 0 Å². The molecule has 2 heterocycles. The monoisotopic (exact) mass is 507 g/mol. The van der Waals surface area contributed by atoms with Gasteiger partial charge in [0.15, 0.2) is 8.32 Å². The van der Waals surface area contributed by atoms with Crippen molar-refractivity contribution in [2.24, 2.45) is 0 Å². The van der Waals surface area contributed by atoms with Crippen LogP contribution in [-0.4, -0.2) is 43.3 Å². The van der Waals surface area contributed by atoms with Crippen LogP contribution in [0.2, 0.25) is 18.1 Å². The Morgan fingerprint density at radius 1 is 1.52 bits per heavy atom. The molecule has 152 valence electrons. The summed E-state index contributed by atoms with van der Waals surface area (Å²) in [5, 5.41) is 0.108. The number of nitrogen functional groups attached to an aromatic ring is 1. The third kappa shape index (κ3) is 5.40. The number of nitrogens with two attached hydrogens (primary N) is 1. The number of anilines is 1. The summed E-state index contributed by atoms with van der Waals surface area (Å²) >= 11 is 2.06. The molecule has 0 bridgehead atoms. The van der Waals surface area contributed by atoms with E-state index >= 15 is 0 Å². The number of nitrogens with zero attached hydrogens (tertiary/aromatic N) is 2. The van der Waals surface area contributed by atoms with Gasteiger partial charge in [-0.05, 0) is 40.7 Å². The third-order valence-corrected chi connectivity index (χ3v) is 10.6. The molecular weight excluding hydrogens is 477 g/mol. The molecule has 1 aromatic heterocycles. The summed E-state index contributed by atoms with van der Waals surface area (Å²) in [6.45, 7) is 15.6. The standard InChI is InChI=1S/C18H30IN3O4Si/c1-7-8-24-13-9-15(22-10-12(19)16(20)21-17(22)23)26-14(13)11-25-27(5,6)18(2,3)4/h7,10,13-15H,1,8-9,11H2,2-6H3,(H2,20,21,23). The molecule has 3 unspecified atom stereocenters. The van der Waals surface area contributed by atoms with Crippen molar-refractivity contribution < 1.29 is 13.9 Å². The quantitative estimate of drug-likeness (QED) is 0.346. The van der Waals surface area contributed by atoms with E-state index in [0.717, 1.165) is 0 Å². The Balaban J connectivity index is 2.17. The zero-order valence-corrected chi connectivity index (χ0v) is 19.9. The van der Waals surface area contributed by atoms with Gasteiger partial charge < -0.3 is 19.6 Å². The first-order valence-electron chi connectivity index (χ1n) is 9.02. The third-order valence-electron chi connectivity index (χ3n) is 5.27. The number of halogens is 1. The zero-order chi connectivity index (χ0) is 20.4. The van der Waals surface area contributed by atoms with Crippen LogP contribution in [0.5, 0.6) is 0 Å². The molecule has 0 spiro atoms. The van der Waals surface area contributed by atoms with Gasteiger partial charge in [-0.1, -0.05) is 26.8 Å². The van der Waals surface area contributed by atoms with Crippen molar-refractivity contribution >= 4 is 36.7 Å². The molecule has 2 N–H and O–H groups in total. The molecule has 7 nitrogen and oxygen atoms in total. The van der Waals surface area contributed by atoms with Gasteiger partial charge in [0.25, 0.3) is 0 Å². The molecule has 27 heavy (non-hydrogen) atoms. The van der Waals surface area contributed by atoms with E-state index in [1.54, 1.807) is 12.3 Å². The van der Waals surface area contributed by atoms with Gasteiger partial charge in [-0.3, -0.25) is 4.57 Å². The predicted octanol–water partition coefficient (Wildman–Crippen LogP) is 3.31. The molecule has 1 aromatic rings. The molecule has 1 aliphatic heterocycles. The minimum atomic E-state index is -1.92. The van der Waals surface area contributed by atoms with Crippen molar-refractivity contribution in [3.63, 3.8) is 0 Å². The molecule has 0 aliphatic carbocycles. The molecule has 1 aliphatic rings. The largest absolute Gasteiger partial charge is 0.414 e. The maximum absolute atomic E-state index is 12.3. The Morgan fingerprint density at radius 2 is 2.19 bits per heavy atom. The lowest BCUT2D eigenvalue weighted by atomic mass is 10.2. The van der Waals surface area contributed by atoms with Gasteiger partial charge >= 0.3 is 5.69 Å². The van der Waals surface area contributed by atoms with Crippen LogP contribution in [0.25, 0.3) is 0 Å². The second-order valence-corrected chi connectivity index (χ2v) is 14.2. The Morgan fingerprint density at radius 3 is 2.78 bits per heavy atom. The lowest BCUT2D eigenvalue weighted by Gasteiger charge is -2.37. The first kappa shape index (κ1) is 22.5. The van der Waals surface area contributed by atoms with Gasteiger partial charge in [0.1, 0.15) is 18.1 Å². The fraction of sp³-hybridized carbons (Fsp3) is 0.667. The number of ether oxygens (including phenoxy) is 2. The number of rotatable bonds is 7. The van der Waals surface area contributed by atoms with Crippen molar-refractivity contribution in [1.82, 2.24) is 9.55 Å². The maximum Gasteiger partial charge on any atom is 0.351 e. The average Bonchev–Trinajstić information content (AvgIpc) is 2.96. The summed E-state index contributed by atoms with van der Waals surface area (Å²) < 4.78 is 20.6. The van der Waals surface area contributed by atoms with E-state index in [9.17, 15) is 4.79 Å². The fourth-order valence-electron chi connectivity index (χ4n) is 2.56. The second kappa shape index (κ2) is 8.72. The molecule has 0 amide bonds. The molecule has 9 heteroatoms. The first-order chi connectivity index (χ1) is 12.5. The van der Waals surface area contributed by atoms with E-state index in [2.05, 4.69) is 68.0 Å². The molecule has 1 fully saturated rings. The van der Waals surface area contributed by atoms with Crippen LogP contribution < -0.4 is 11.4 Å². The summed E-state index contributed by atoms with van der Waals surface area (Å²) in [6, 6.07) is 0. The van der Waals surface area contributed by atoms with Gasteiger partial charge in [-0.25, -0.2) is 4.79 Å². The van der Waals surface area contributed by atoms with Crippen LogP contribution in [0.1, 0.15) is 33.4 Å². The highest BCUT2D eigenvalue weighted by molar-refractivity contribution is 14.1. The summed E-state index contributed by atoms with van der Waals surface area (Å²) in [6.07, 6.45) is 3.03. The van der Waals surface area contributed by atoms with E-state index in [4.69, 9.17) is 19.6 Å². The molecule has 2 rings (SSSR count). The highest BCUT2D eigenvalue weighted by Gasteiger charge is 2.42. The second-order valence-electron chi connectivity index (χ2n) is 8.26. The molecular formula is C18H30IN3O4Si. The molecule has 0 radical (unpaired) electrons. The fourth-order valence-corrected chi connectivity index (χ4v) is 3.99. The Bertz CT molecular complexity index is 732. The van der Waals surface area contributed by atoms with Crippen molar-refractivity contribution in [3.8, 4) is 0 Å². The van der Waals surface area contributed by atoms with Gasteiger partial charge in [-0.15, -0.1) is 6.58 Å². The van der Waals surface area contributed by atoms with Crippen LogP contribution in [0, 0.1) is 3.57 Å². The van der Waals surface area contributed by atoms with Gasteiger partial charge in [0, 0.05) is 12.6 Å². The molecule has 0 saturated carbocycles. The highest BCUT2D eigenvalue weighted by Crippen LogP contribution is 2.38. The topological polar surface area (TPSA) is 88.6 Å². The predicted molar refractivity (Wildman–Crippen MR) is 117 cm³/mol. The lowest BCUT2D eigenvalue weighted by molar-refractivity contribution is -0.0556. The molecule has 3 atom stereocenters. The summed E-state index contributed by atoms with van der Waals surface area (Å²) in [7, 11) is -1.92. The SMILES string of the molecule is C=CCOC1CC(n2cc(I)c(N)nc2=O)OC1CO[Si](C)(C)C(C)(C)C. The summed E-state index contributed by atoms with van der Waals surface area (Å²) in [5.74, 6) is 0.229. The summed E-state index contributed by atoms with van der Waals surface area (Å²) in [4.78, 5) is 16.1. The number of hydrogen-bond acceptors (Lipinski definition) is 6. The average molecular weight is 507 g/mol. The smallest absolute Gasteiger partial charge is 0.351 e. The van der Waals surface area contributed by atoms with Crippen molar-refractivity contribution in [3.05, 3.63) is 32.9 Å². The van der Waals surface area contributed by atoms with Crippen molar-refractivity contribution in [1.29, 1.82) is 0 Å². The number of aromatic nitrogens is 2. The van der Waals surface area contributed by atoms with E-state index in [0.29, 0.717) is 23.2 Å². The van der Waals surface area contributed by atoms with E-state index in [1.165, 1.54) is 4.57 Å². The lowest BCUT2D eigenvalue weighted by Crippen LogP contribution is -2.44. The minimum absolute atomic E-state index is 0.108. The highest BCUT2D eigenvalue weighted by atomic mass is 127. The van der Waals surface area contributed by atoms with E-state index in [-0.39, 0.29) is 23.1 Å². The van der Waals surface area contributed by atoms with Gasteiger partial charge in [-0.2, -0.15) is 4.98 Å². The molecule has 0 aromatic carbocycles. The van der Waals surface area contributed by atoms with Crippen LogP contribution in [0.4, 0.5) is 5.82 Å². The van der Waals surface area contributed by atoms with Crippen molar-refractivity contribution in [2.75, 3.05) is 18.9 Å². The maximum atomic E-state index is 12.3. The van der Waals surface area contributed by atoms with Crippen LogP contribution >= 0.6 is 22.6 Å². The minimum Gasteiger partial charge on any atom is -0.414 e. The van der Waals surface area contributed by atoms with E-state index < -0.39 is 20.2 Å². The Kier molecular flexibility index (Phi) is 7.28. The zero-order valence-electron chi connectivity index (χ0n) is 16.7. The van der Waals surface area contributed by atoms with Crippen molar-refractivity contribution in [2.45, 2.75) is 63.8 Å².